The summed E-state index contributed by atoms with van der Waals surface area (Å²) in [6, 6.07) is 6.72. The summed E-state index contributed by atoms with van der Waals surface area (Å²) in [4.78, 5) is 15.9. The van der Waals surface area contributed by atoms with Gasteiger partial charge in [0, 0.05) is 17.8 Å². The van der Waals surface area contributed by atoms with Crippen LogP contribution in [0, 0.1) is 0 Å². The van der Waals surface area contributed by atoms with Crippen LogP contribution in [0.2, 0.25) is 0 Å². The molecule has 17 heavy (non-hydrogen) atoms. The van der Waals surface area contributed by atoms with Crippen molar-refractivity contribution < 1.29 is 14.4 Å². The Morgan fingerprint density at radius 2 is 1.88 bits per heavy atom. The molecule has 0 saturated carbocycles. The predicted molar refractivity (Wildman–Crippen MR) is 64.1 cm³/mol. The normalized spacial score (nSPS) is 10.2. The number of carbonyl (C=O) groups excluding carboxylic acids is 1. The van der Waals surface area contributed by atoms with Gasteiger partial charge in [-0.05, 0) is 24.3 Å². The molecule has 0 heterocycles. The van der Waals surface area contributed by atoms with Crippen molar-refractivity contribution in [1.29, 1.82) is 0 Å². The highest BCUT2D eigenvalue weighted by Gasteiger charge is 2.03. The van der Waals surface area contributed by atoms with Gasteiger partial charge in [0.15, 0.2) is 0 Å². The quantitative estimate of drug-likeness (QED) is 0.350. The van der Waals surface area contributed by atoms with Gasteiger partial charge in [0.1, 0.15) is 0 Å². The average molecular weight is 239 g/mol. The summed E-state index contributed by atoms with van der Waals surface area (Å²) < 4.78 is 5.14. The van der Waals surface area contributed by atoms with E-state index in [-0.39, 0.29) is 5.91 Å². The number of carbonyl (C=O) groups is 1. The number of hydrogen-bond acceptors (Lipinski definition) is 5. The average Bonchev–Trinajstić information content (AvgIpc) is 2.34. The third-order valence-electron chi connectivity index (χ3n) is 2.05. The first kappa shape index (κ1) is 13.4. The van der Waals surface area contributed by atoms with Crippen LogP contribution in [0.3, 0.4) is 0 Å². The minimum Gasteiger partial charge on any atom is -0.399 e. The second-order valence-electron chi connectivity index (χ2n) is 3.36. The van der Waals surface area contributed by atoms with E-state index >= 15 is 0 Å². The molecule has 0 aromatic heterocycles. The molecule has 0 bridgehead atoms. The van der Waals surface area contributed by atoms with Crippen LogP contribution >= 0.6 is 0 Å². The largest absolute Gasteiger partial charge is 0.399 e. The lowest BCUT2D eigenvalue weighted by molar-refractivity contribution is 0.0482. The van der Waals surface area contributed by atoms with Crippen molar-refractivity contribution in [3.63, 3.8) is 0 Å². The Hall–Kier alpha value is -1.63. The van der Waals surface area contributed by atoms with Crippen molar-refractivity contribution in [1.82, 2.24) is 5.32 Å². The zero-order valence-corrected chi connectivity index (χ0v) is 9.52. The Kier molecular flexibility index (Phi) is 6.02. The Bertz CT molecular complexity index is 340. The maximum absolute atomic E-state index is 11.6. The monoisotopic (exact) mass is 239 g/mol. The predicted octanol–water partition coefficient (Wildman–Crippen LogP) is -0.0945. The van der Waals surface area contributed by atoms with Crippen molar-refractivity contribution in [2.75, 3.05) is 32.1 Å². The van der Waals surface area contributed by atoms with Gasteiger partial charge in [0.25, 0.3) is 5.91 Å². The summed E-state index contributed by atoms with van der Waals surface area (Å²) in [5.41, 5.74) is 6.73. The molecule has 0 unspecified atom stereocenters. The third-order valence-corrected chi connectivity index (χ3v) is 2.05. The lowest BCUT2D eigenvalue weighted by Gasteiger charge is -2.06. The molecule has 0 aliphatic carbocycles. The lowest BCUT2D eigenvalue weighted by atomic mass is 10.2. The van der Waals surface area contributed by atoms with E-state index in [2.05, 4.69) is 10.2 Å². The molecular weight excluding hydrogens is 222 g/mol. The molecule has 1 aromatic carbocycles. The van der Waals surface area contributed by atoms with Crippen LogP contribution in [-0.4, -0.2) is 32.3 Å². The minimum atomic E-state index is -0.149. The van der Waals surface area contributed by atoms with Crippen LogP contribution in [0.25, 0.3) is 0 Å². The van der Waals surface area contributed by atoms with Gasteiger partial charge in [0.05, 0.1) is 19.8 Å². The SMILES string of the molecule is NOCCOCCNC(=O)c1ccc(N)cc1. The maximum Gasteiger partial charge on any atom is 0.251 e. The Morgan fingerprint density at radius 3 is 2.53 bits per heavy atom. The van der Waals surface area contributed by atoms with E-state index in [1.54, 1.807) is 24.3 Å². The zero-order valence-electron chi connectivity index (χ0n) is 9.52. The first-order chi connectivity index (χ1) is 8.24. The van der Waals surface area contributed by atoms with Gasteiger partial charge in [-0.25, -0.2) is 5.90 Å². The van der Waals surface area contributed by atoms with E-state index in [1.165, 1.54) is 0 Å². The van der Waals surface area contributed by atoms with Crippen molar-refractivity contribution in [2.24, 2.45) is 5.90 Å². The maximum atomic E-state index is 11.6. The molecule has 0 spiro atoms. The smallest absolute Gasteiger partial charge is 0.251 e. The third kappa shape index (κ3) is 5.30. The van der Waals surface area contributed by atoms with Crippen LogP contribution in [-0.2, 0) is 9.57 Å². The van der Waals surface area contributed by atoms with Crippen LogP contribution in [0.15, 0.2) is 24.3 Å². The molecule has 0 aliphatic heterocycles. The van der Waals surface area contributed by atoms with Gasteiger partial charge in [0.2, 0.25) is 0 Å². The highest BCUT2D eigenvalue weighted by atomic mass is 16.6. The number of rotatable bonds is 7. The molecular formula is C11H17N3O3. The number of benzene rings is 1. The summed E-state index contributed by atoms with van der Waals surface area (Å²) in [5, 5.41) is 2.72. The fourth-order valence-electron chi connectivity index (χ4n) is 1.18. The molecule has 6 nitrogen and oxygen atoms in total. The van der Waals surface area contributed by atoms with Gasteiger partial charge in [-0.3, -0.25) is 4.79 Å². The number of nitrogens with one attached hydrogen (secondary N) is 1. The summed E-state index contributed by atoms with van der Waals surface area (Å²) in [7, 11) is 0. The van der Waals surface area contributed by atoms with Gasteiger partial charge in [-0.2, -0.15) is 0 Å². The Morgan fingerprint density at radius 1 is 1.18 bits per heavy atom. The standard InChI is InChI=1S/C11H17N3O3/c12-10-3-1-9(2-4-10)11(15)14-5-6-16-7-8-17-13/h1-4H,5-8,12-13H2,(H,14,15). The fourth-order valence-corrected chi connectivity index (χ4v) is 1.18. The summed E-state index contributed by atoms with van der Waals surface area (Å²) in [6.45, 7) is 1.61. The lowest BCUT2D eigenvalue weighted by Crippen LogP contribution is -2.27. The number of ether oxygens (including phenoxy) is 1. The molecule has 0 atom stereocenters. The van der Waals surface area contributed by atoms with Crippen molar-refractivity contribution in [2.45, 2.75) is 0 Å². The zero-order chi connectivity index (χ0) is 12.5. The van der Waals surface area contributed by atoms with Crippen molar-refractivity contribution >= 4 is 11.6 Å². The molecule has 0 aliphatic rings. The number of amides is 1. The van der Waals surface area contributed by atoms with E-state index in [1.807, 2.05) is 0 Å². The molecule has 1 rings (SSSR count). The van der Waals surface area contributed by atoms with Crippen molar-refractivity contribution in [3.05, 3.63) is 29.8 Å². The number of anilines is 1. The molecule has 6 heteroatoms. The molecule has 0 radical (unpaired) electrons. The first-order valence-corrected chi connectivity index (χ1v) is 5.27. The van der Waals surface area contributed by atoms with Gasteiger partial charge in [-0.1, -0.05) is 0 Å². The van der Waals surface area contributed by atoms with E-state index in [4.69, 9.17) is 16.4 Å². The van der Waals surface area contributed by atoms with Crippen LogP contribution < -0.4 is 16.9 Å². The van der Waals surface area contributed by atoms with E-state index < -0.39 is 0 Å². The van der Waals surface area contributed by atoms with E-state index in [0.29, 0.717) is 37.6 Å². The summed E-state index contributed by atoms with van der Waals surface area (Å²) >= 11 is 0. The second kappa shape index (κ2) is 7.61. The number of nitrogen functional groups attached to an aromatic ring is 1. The van der Waals surface area contributed by atoms with E-state index in [0.717, 1.165) is 0 Å². The summed E-state index contributed by atoms with van der Waals surface area (Å²) in [5.74, 6) is 4.67. The molecule has 0 saturated heterocycles. The number of nitrogens with two attached hydrogens (primary N) is 2. The fraction of sp³-hybridized carbons (Fsp3) is 0.364. The topological polar surface area (TPSA) is 99.6 Å². The molecule has 94 valence electrons. The Labute approximate surface area is 99.8 Å². The van der Waals surface area contributed by atoms with Gasteiger partial charge < -0.3 is 20.6 Å². The van der Waals surface area contributed by atoms with E-state index in [9.17, 15) is 4.79 Å². The van der Waals surface area contributed by atoms with Gasteiger partial charge in [-0.15, -0.1) is 0 Å². The first-order valence-electron chi connectivity index (χ1n) is 5.27. The number of hydrogen-bond donors (Lipinski definition) is 3. The Balaban J connectivity index is 2.19. The second-order valence-corrected chi connectivity index (χ2v) is 3.36. The van der Waals surface area contributed by atoms with Crippen LogP contribution in [0.1, 0.15) is 10.4 Å². The molecule has 0 fully saturated rings. The van der Waals surface area contributed by atoms with Crippen LogP contribution in [0.5, 0.6) is 0 Å². The van der Waals surface area contributed by atoms with Crippen molar-refractivity contribution in [3.8, 4) is 0 Å². The highest BCUT2D eigenvalue weighted by molar-refractivity contribution is 5.94. The van der Waals surface area contributed by atoms with Crippen LogP contribution in [0.4, 0.5) is 5.69 Å². The molecule has 5 N–H and O–H groups in total. The minimum absolute atomic E-state index is 0.149. The molecule has 1 amide bonds. The van der Waals surface area contributed by atoms with Gasteiger partial charge >= 0.3 is 0 Å². The summed E-state index contributed by atoms with van der Waals surface area (Å²) in [6.07, 6.45) is 0. The molecule has 1 aromatic rings. The highest BCUT2D eigenvalue weighted by Crippen LogP contribution is 2.04.